The highest BCUT2D eigenvalue weighted by Gasteiger charge is 2.26. The van der Waals surface area contributed by atoms with Gasteiger partial charge in [0.1, 0.15) is 0 Å². The molecule has 0 aliphatic carbocycles. The number of carbonyl (C=O) groups is 1. The fourth-order valence-electron chi connectivity index (χ4n) is 1.51. The Bertz CT molecular complexity index is 426. The van der Waals surface area contributed by atoms with E-state index in [9.17, 15) is 4.79 Å². The van der Waals surface area contributed by atoms with Gasteiger partial charge in [-0.05, 0) is 13.0 Å². The second kappa shape index (κ2) is 3.73. The number of hydrogen-bond donors (Lipinski definition) is 1. The number of Topliss-reactive ketones (excluding diaryl/α,β-unsaturated/α-hetero) is 1. The van der Waals surface area contributed by atoms with Gasteiger partial charge in [0.2, 0.25) is 0 Å². The molecule has 1 aromatic carbocycles. The van der Waals surface area contributed by atoms with E-state index in [1.165, 1.54) is 6.92 Å². The molecule has 78 valence electrons. The van der Waals surface area contributed by atoms with Crippen molar-refractivity contribution in [2.24, 2.45) is 5.16 Å². The van der Waals surface area contributed by atoms with Gasteiger partial charge in [-0.3, -0.25) is 4.79 Å². The third-order valence-corrected chi connectivity index (χ3v) is 2.39. The fourth-order valence-corrected chi connectivity index (χ4v) is 1.51. The van der Waals surface area contributed by atoms with Crippen LogP contribution < -0.4 is 5.73 Å². The van der Waals surface area contributed by atoms with Crippen LogP contribution in [0, 0.1) is 0 Å². The van der Waals surface area contributed by atoms with Gasteiger partial charge in [-0.2, -0.15) is 0 Å². The van der Waals surface area contributed by atoms with Gasteiger partial charge in [-0.15, -0.1) is 0 Å². The number of carbonyl (C=O) groups excluding carboxylic acids is 1. The van der Waals surface area contributed by atoms with E-state index in [2.05, 4.69) is 5.16 Å². The van der Waals surface area contributed by atoms with E-state index >= 15 is 0 Å². The van der Waals surface area contributed by atoms with Crippen LogP contribution in [-0.4, -0.2) is 17.6 Å². The quantitative estimate of drug-likeness (QED) is 0.739. The van der Waals surface area contributed by atoms with Crippen LogP contribution in [0.2, 0.25) is 0 Å². The average molecular weight is 204 g/mol. The van der Waals surface area contributed by atoms with E-state index in [0.717, 1.165) is 11.3 Å². The zero-order chi connectivity index (χ0) is 10.8. The summed E-state index contributed by atoms with van der Waals surface area (Å²) in [6.45, 7) is 1.50. The van der Waals surface area contributed by atoms with Crippen LogP contribution >= 0.6 is 0 Å². The summed E-state index contributed by atoms with van der Waals surface area (Å²) in [5.74, 6) is -0.0109. The number of para-hydroxylation sites is 1. The van der Waals surface area contributed by atoms with Gasteiger partial charge in [-0.1, -0.05) is 23.4 Å². The summed E-state index contributed by atoms with van der Waals surface area (Å²) < 4.78 is 0. The maximum absolute atomic E-state index is 11.1. The van der Waals surface area contributed by atoms with Crippen LogP contribution in [0.25, 0.3) is 0 Å². The Hall–Kier alpha value is -1.84. The Labute approximate surface area is 87.7 Å². The minimum atomic E-state index is -0.445. The first-order valence-corrected chi connectivity index (χ1v) is 4.76. The van der Waals surface area contributed by atoms with Crippen molar-refractivity contribution in [3.05, 3.63) is 29.8 Å². The average Bonchev–Trinajstić information content (AvgIpc) is 2.67. The second-order valence-electron chi connectivity index (χ2n) is 3.53. The lowest BCUT2D eigenvalue weighted by Crippen LogP contribution is -2.17. The molecule has 1 aromatic rings. The van der Waals surface area contributed by atoms with Crippen molar-refractivity contribution in [3.63, 3.8) is 0 Å². The van der Waals surface area contributed by atoms with Gasteiger partial charge >= 0.3 is 0 Å². The summed E-state index contributed by atoms with van der Waals surface area (Å²) in [7, 11) is 0. The highest BCUT2D eigenvalue weighted by atomic mass is 16.6. The van der Waals surface area contributed by atoms with Gasteiger partial charge in [0.25, 0.3) is 0 Å². The lowest BCUT2D eigenvalue weighted by molar-refractivity contribution is -0.126. The van der Waals surface area contributed by atoms with E-state index in [0.29, 0.717) is 12.1 Å². The summed E-state index contributed by atoms with van der Waals surface area (Å²) >= 11 is 0. The van der Waals surface area contributed by atoms with Crippen molar-refractivity contribution in [2.75, 3.05) is 5.73 Å². The Morgan fingerprint density at radius 1 is 1.53 bits per heavy atom. The van der Waals surface area contributed by atoms with Crippen LogP contribution in [0.15, 0.2) is 29.4 Å². The molecule has 1 unspecified atom stereocenters. The number of oxime groups is 1. The predicted molar refractivity (Wildman–Crippen MR) is 57.6 cm³/mol. The summed E-state index contributed by atoms with van der Waals surface area (Å²) in [4.78, 5) is 16.1. The van der Waals surface area contributed by atoms with E-state index in [1.807, 2.05) is 18.2 Å². The Morgan fingerprint density at radius 3 is 2.87 bits per heavy atom. The predicted octanol–water partition coefficient (Wildman–Crippen LogP) is 1.35. The van der Waals surface area contributed by atoms with E-state index < -0.39 is 6.10 Å². The van der Waals surface area contributed by atoms with Gasteiger partial charge in [0.15, 0.2) is 11.9 Å². The van der Waals surface area contributed by atoms with E-state index in [-0.39, 0.29) is 5.78 Å². The van der Waals surface area contributed by atoms with Gasteiger partial charge in [0, 0.05) is 17.7 Å². The zero-order valence-electron chi connectivity index (χ0n) is 8.43. The van der Waals surface area contributed by atoms with Crippen molar-refractivity contribution in [2.45, 2.75) is 19.4 Å². The summed E-state index contributed by atoms with van der Waals surface area (Å²) in [5, 5.41) is 3.89. The molecule has 4 heteroatoms. The molecule has 2 N–H and O–H groups in total. The molecule has 0 amide bonds. The maximum Gasteiger partial charge on any atom is 0.190 e. The largest absolute Gasteiger partial charge is 0.398 e. The van der Waals surface area contributed by atoms with Crippen LogP contribution in [-0.2, 0) is 9.63 Å². The fraction of sp³-hybridized carbons (Fsp3) is 0.273. The van der Waals surface area contributed by atoms with Gasteiger partial charge < -0.3 is 10.6 Å². The first-order chi connectivity index (χ1) is 7.18. The lowest BCUT2D eigenvalue weighted by atomic mass is 10.0. The number of hydrogen-bond acceptors (Lipinski definition) is 4. The molecular formula is C11H12N2O2. The van der Waals surface area contributed by atoms with Crippen LogP contribution in [0.5, 0.6) is 0 Å². The molecule has 1 heterocycles. The molecule has 0 bridgehead atoms. The van der Waals surface area contributed by atoms with Crippen molar-refractivity contribution in [1.82, 2.24) is 0 Å². The Kier molecular flexibility index (Phi) is 2.41. The molecule has 0 spiro atoms. The lowest BCUT2D eigenvalue weighted by Gasteiger charge is -2.03. The van der Waals surface area contributed by atoms with Crippen molar-refractivity contribution in [1.29, 1.82) is 0 Å². The molecule has 1 aliphatic rings. The molecule has 4 nitrogen and oxygen atoms in total. The standard InChI is InChI=1S/C11H12N2O2/c1-7(14)11-6-10(13-15-11)8-4-2-3-5-9(8)12/h2-5,11H,6,12H2,1H3. The number of nitrogen functional groups attached to an aromatic ring is 1. The molecule has 1 aliphatic heterocycles. The van der Waals surface area contributed by atoms with Crippen LogP contribution in [0.1, 0.15) is 18.9 Å². The number of anilines is 1. The molecule has 0 saturated carbocycles. The van der Waals surface area contributed by atoms with Gasteiger partial charge in [0.05, 0.1) is 5.71 Å². The number of rotatable bonds is 2. The minimum absolute atomic E-state index is 0.0109. The van der Waals surface area contributed by atoms with Crippen molar-refractivity contribution < 1.29 is 9.63 Å². The van der Waals surface area contributed by atoms with Crippen LogP contribution in [0.3, 0.4) is 0 Å². The molecule has 0 radical (unpaired) electrons. The molecule has 0 aromatic heterocycles. The topological polar surface area (TPSA) is 64.7 Å². The van der Waals surface area contributed by atoms with E-state index in [4.69, 9.17) is 10.6 Å². The normalized spacial score (nSPS) is 19.5. The number of nitrogens with two attached hydrogens (primary N) is 1. The number of nitrogens with zero attached hydrogens (tertiary/aromatic N) is 1. The molecular weight excluding hydrogens is 192 g/mol. The van der Waals surface area contributed by atoms with Crippen LogP contribution in [0.4, 0.5) is 5.69 Å². The Morgan fingerprint density at radius 2 is 2.27 bits per heavy atom. The number of benzene rings is 1. The molecule has 1 atom stereocenters. The summed E-state index contributed by atoms with van der Waals surface area (Å²) in [6, 6.07) is 7.42. The smallest absolute Gasteiger partial charge is 0.190 e. The molecule has 15 heavy (non-hydrogen) atoms. The highest BCUT2D eigenvalue weighted by Crippen LogP contribution is 2.21. The van der Waals surface area contributed by atoms with E-state index in [1.54, 1.807) is 6.07 Å². The minimum Gasteiger partial charge on any atom is -0.398 e. The van der Waals surface area contributed by atoms with Crippen molar-refractivity contribution in [3.8, 4) is 0 Å². The van der Waals surface area contributed by atoms with Gasteiger partial charge in [-0.25, -0.2) is 0 Å². The van der Waals surface area contributed by atoms with Crippen molar-refractivity contribution >= 4 is 17.2 Å². The molecule has 0 fully saturated rings. The highest BCUT2D eigenvalue weighted by molar-refractivity contribution is 6.07. The third kappa shape index (κ3) is 1.83. The molecule has 0 saturated heterocycles. The first kappa shape index (κ1) is 9.71. The second-order valence-corrected chi connectivity index (χ2v) is 3.53. The maximum atomic E-state index is 11.1. The summed E-state index contributed by atoms with van der Waals surface area (Å²) in [5.41, 5.74) is 8.05. The first-order valence-electron chi connectivity index (χ1n) is 4.76. The summed E-state index contributed by atoms with van der Waals surface area (Å²) in [6.07, 6.45) is 0.0587. The number of ketones is 1. The SMILES string of the molecule is CC(=O)C1CC(c2ccccc2N)=NO1. The monoisotopic (exact) mass is 204 g/mol. The molecule has 2 rings (SSSR count). The Balaban J connectivity index is 2.21. The zero-order valence-corrected chi connectivity index (χ0v) is 8.43. The third-order valence-electron chi connectivity index (χ3n) is 2.39.